The van der Waals surface area contributed by atoms with Gasteiger partial charge in [-0.25, -0.2) is 0 Å². The van der Waals surface area contributed by atoms with E-state index >= 15 is 0 Å². The third-order valence-corrected chi connectivity index (χ3v) is 3.19. The van der Waals surface area contributed by atoms with Crippen LogP contribution < -0.4 is 0 Å². The van der Waals surface area contributed by atoms with Crippen LogP contribution in [0.1, 0.15) is 24.2 Å². The number of ketones is 1. The largest absolute Gasteiger partial charge is 0.293 e. The number of rotatable bonds is 4. The average molecular weight is 273 g/mol. The van der Waals surface area contributed by atoms with Crippen LogP contribution in [0.15, 0.2) is 29.2 Å². The Kier molecular flexibility index (Phi) is 4.69. The predicted molar refractivity (Wildman–Crippen MR) is 65.6 cm³/mol. The van der Waals surface area contributed by atoms with E-state index in [1.807, 2.05) is 24.3 Å². The first-order valence-electron chi connectivity index (χ1n) is 4.49. The van der Waals surface area contributed by atoms with Crippen LogP contribution in [0, 0.1) is 0 Å². The number of hydrogen-bond acceptors (Lipinski definition) is 2. The van der Waals surface area contributed by atoms with Crippen molar-refractivity contribution < 1.29 is 4.79 Å². The van der Waals surface area contributed by atoms with Crippen molar-refractivity contribution in [3.05, 3.63) is 29.8 Å². The zero-order chi connectivity index (χ0) is 10.6. The third-order valence-electron chi connectivity index (χ3n) is 1.67. The van der Waals surface area contributed by atoms with Gasteiger partial charge in [0, 0.05) is 15.7 Å². The Morgan fingerprint density at radius 3 is 2.36 bits per heavy atom. The summed E-state index contributed by atoms with van der Waals surface area (Å²) in [4.78, 5) is 12.5. The molecule has 0 aliphatic heterocycles. The zero-order valence-electron chi connectivity index (χ0n) is 8.29. The predicted octanol–water partition coefficient (Wildman–Crippen LogP) is 3.76. The average Bonchev–Trinajstić information content (AvgIpc) is 2.17. The fourth-order valence-electron chi connectivity index (χ4n) is 1.07. The molecule has 0 N–H and O–H groups in total. The summed E-state index contributed by atoms with van der Waals surface area (Å²) in [5.41, 5.74) is 0.773. The highest BCUT2D eigenvalue weighted by Crippen LogP contribution is 2.22. The minimum absolute atomic E-state index is 0.131. The number of benzene rings is 1. The van der Waals surface area contributed by atoms with Crippen molar-refractivity contribution in [2.45, 2.75) is 24.0 Å². The molecule has 0 unspecified atom stereocenters. The van der Waals surface area contributed by atoms with E-state index in [0.717, 1.165) is 5.56 Å². The highest BCUT2D eigenvalue weighted by Gasteiger charge is 2.03. The number of hydrogen-bond donors (Lipinski definition) is 0. The summed E-state index contributed by atoms with van der Waals surface area (Å²) in [5, 5.41) is 0.969. The molecule has 0 amide bonds. The van der Waals surface area contributed by atoms with Crippen molar-refractivity contribution in [3.8, 4) is 0 Å². The number of carbonyl (C=O) groups is 1. The topological polar surface area (TPSA) is 17.1 Å². The van der Waals surface area contributed by atoms with Crippen LogP contribution in [0.25, 0.3) is 0 Å². The van der Waals surface area contributed by atoms with Gasteiger partial charge in [0.25, 0.3) is 0 Å². The van der Waals surface area contributed by atoms with Gasteiger partial charge in [-0.3, -0.25) is 4.79 Å². The van der Waals surface area contributed by atoms with Crippen LogP contribution in [-0.2, 0) is 0 Å². The standard InChI is InChI=1S/C11H13BrOS/c1-8(2)14-10-5-3-9(4-6-10)11(13)7-12/h3-6,8H,7H2,1-2H3. The van der Waals surface area contributed by atoms with Gasteiger partial charge in [-0.05, 0) is 12.1 Å². The van der Waals surface area contributed by atoms with E-state index in [0.29, 0.717) is 10.6 Å². The van der Waals surface area contributed by atoms with Gasteiger partial charge in [0.2, 0.25) is 0 Å². The number of alkyl halides is 1. The lowest BCUT2D eigenvalue weighted by Gasteiger charge is -2.04. The molecule has 0 radical (unpaired) electrons. The van der Waals surface area contributed by atoms with Gasteiger partial charge >= 0.3 is 0 Å². The molecular weight excluding hydrogens is 260 g/mol. The first kappa shape index (κ1) is 11.8. The Morgan fingerprint density at radius 1 is 1.36 bits per heavy atom. The van der Waals surface area contributed by atoms with Crippen molar-refractivity contribution in [1.82, 2.24) is 0 Å². The van der Waals surface area contributed by atoms with Crippen LogP contribution >= 0.6 is 27.7 Å². The molecule has 0 heterocycles. The summed E-state index contributed by atoms with van der Waals surface area (Å²) in [6.07, 6.45) is 0. The van der Waals surface area contributed by atoms with E-state index in [9.17, 15) is 4.79 Å². The molecule has 14 heavy (non-hydrogen) atoms. The normalized spacial score (nSPS) is 10.6. The lowest BCUT2D eigenvalue weighted by molar-refractivity contribution is 0.102. The van der Waals surface area contributed by atoms with Crippen LogP contribution in [0.4, 0.5) is 0 Å². The molecule has 0 saturated carbocycles. The van der Waals surface area contributed by atoms with Gasteiger partial charge in [-0.1, -0.05) is 41.9 Å². The monoisotopic (exact) mass is 272 g/mol. The van der Waals surface area contributed by atoms with Crippen LogP contribution in [-0.4, -0.2) is 16.4 Å². The van der Waals surface area contributed by atoms with Crippen molar-refractivity contribution >= 4 is 33.5 Å². The first-order chi connectivity index (χ1) is 6.63. The second-order valence-electron chi connectivity index (χ2n) is 3.25. The Morgan fingerprint density at radius 2 is 1.93 bits per heavy atom. The maximum absolute atomic E-state index is 11.3. The minimum atomic E-state index is 0.131. The fourth-order valence-corrected chi connectivity index (χ4v) is 2.23. The van der Waals surface area contributed by atoms with Gasteiger partial charge in [0.1, 0.15) is 0 Å². The molecule has 1 aromatic rings. The first-order valence-corrected chi connectivity index (χ1v) is 6.49. The van der Waals surface area contributed by atoms with E-state index in [4.69, 9.17) is 0 Å². The molecule has 1 aromatic carbocycles. The van der Waals surface area contributed by atoms with E-state index < -0.39 is 0 Å². The number of carbonyl (C=O) groups excluding carboxylic acids is 1. The Balaban J connectivity index is 2.73. The third kappa shape index (κ3) is 3.46. The highest BCUT2D eigenvalue weighted by molar-refractivity contribution is 9.09. The van der Waals surface area contributed by atoms with Gasteiger partial charge < -0.3 is 0 Å². The number of Topliss-reactive ketones (excluding diaryl/α,β-unsaturated/α-hetero) is 1. The zero-order valence-corrected chi connectivity index (χ0v) is 10.7. The molecule has 0 fully saturated rings. The Bertz CT molecular complexity index is 306. The Hall–Kier alpha value is -0.280. The van der Waals surface area contributed by atoms with E-state index in [1.165, 1.54) is 4.90 Å². The molecule has 0 atom stereocenters. The molecule has 0 bridgehead atoms. The number of halogens is 1. The summed E-state index contributed by atoms with van der Waals surface area (Å²) in [6, 6.07) is 7.77. The summed E-state index contributed by atoms with van der Waals surface area (Å²) in [5.74, 6) is 0.131. The molecule has 0 aliphatic rings. The second-order valence-corrected chi connectivity index (χ2v) is 5.46. The molecule has 1 nitrogen and oxygen atoms in total. The Labute approximate surface area is 97.4 Å². The van der Waals surface area contributed by atoms with E-state index in [1.54, 1.807) is 11.8 Å². The van der Waals surface area contributed by atoms with Crippen LogP contribution in [0.2, 0.25) is 0 Å². The van der Waals surface area contributed by atoms with Crippen molar-refractivity contribution in [2.24, 2.45) is 0 Å². The maximum Gasteiger partial charge on any atom is 0.173 e. The summed E-state index contributed by atoms with van der Waals surface area (Å²) >= 11 is 4.96. The quantitative estimate of drug-likeness (QED) is 0.472. The fraction of sp³-hybridized carbons (Fsp3) is 0.364. The van der Waals surface area contributed by atoms with Gasteiger partial charge in [0.05, 0.1) is 5.33 Å². The van der Waals surface area contributed by atoms with E-state index in [2.05, 4.69) is 29.8 Å². The molecular formula is C11H13BrOS. The lowest BCUT2D eigenvalue weighted by atomic mass is 10.2. The van der Waals surface area contributed by atoms with Crippen molar-refractivity contribution in [1.29, 1.82) is 0 Å². The lowest BCUT2D eigenvalue weighted by Crippen LogP contribution is -1.99. The molecule has 0 aromatic heterocycles. The molecule has 0 saturated heterocycles. The molecule has 0 aliphatic carbocycles. The second kappa shape index (κ2) is 5.56. The maximum atomic E-state index is 11.3. The summed E-state index contributed by atoms with van der Waals surface area (Å²) in [7, 11) is 0. The molecule has 1 rings (SSSR count). The number of thioether (sulfide) groups is 1. The van der Waals surface area contributed by atoms with Crippen molar-refractivity contribution in [2.75, 3.05) is 5.33 Å². The summed E-state index contributed by atoms with van der Waals surface area (Å²) in [6.45, 7) is 4.31. The molecule has 76 valence electrons. The van der Waals surface area contributed by atoms with Gasteiger partial charge in [-0.15, -0.1) is 11.8 Å². The van der Waals surface area contributed by atoms with Gasteiger partial charge in [0.15, 0.2) is 5.78 Å². The van der Waals surface area contributed by atoms with Crippen molar-refractivity contribution in [3.63, 3.8) is 0 Å². The smallest absolute Gasteiger partial charge is 0.173 e. The summed E-state index contributed by atoms with van der Waals surface area (Å²) < 4.78 is 0. The minimum Gasteiger partial charge on any atom is -0.293 e. The van der Waals surface area contributed by atoms with E-state index in [-0.39, 0.29) is 5.78 Å². The molecule has 3 heteroatoms. The van der Waals surface area contributed by atoms with Gasteiger partial charge in [-0.2, -0.15) is 0 Å². The molecule has 0 spiro atoms. The van der Waals surface area contributed by atoms with Crippen LogP contribution in [0.3, 0.4) is 0 Å². The SMILES string of the molecule is CC(C)Sc1ccc(C(=O)CBr)cc1. The highest BCUT2D eigenvalue weighted by atomic mass is 79.9. The van der Waals surface area contributed by atoms with Crippen LogP contribution in [0.5, 0.6) is 0 Å².